The molecule has 0 spiro atoms. The van der Waals surface area contributed by atoms with Crippen LogP contribution in [0.3, 0.4) is 0 Å². The first-order valence-electron chi connectivity index (χ1n) is 6.71. The maximum absolute atomic E-state index is 11.0. The minimum Gasteiger partial charge on any atom is -0.481 e. The number of aromatic nitrogens is 2. The van der Waals surface area contributed by atoms with E-state index in [1.54, 1.807) is 6.26 Å². The number of aryl methyl sites for hydroxylation is 3. The second-order valence-corrected chi connectivity index (χ2v) is 4.59. The van der Waals surface area contributed by atoms with E-state index in [0.29, 0.717) is 18.7 Å². The molecule has 2 rings (SSSR count). The van der Waals surface area contributed by atoms with E-state index in [4.69, 9.17) is 9.52 Å². The Kier molecular flexibility index (Phi) is 4.17. The molecule has 0 aliphatic carbocycles. The molecule has 2 aromatic rings. The zero-order valence-corrected chi connectivity index (χ0v) is 11.9. The van der Waals surface area contributed by atoms with Gasteiger partial charge in [0.2, 0.25) is 0 Å². The molecular formula is C15H18N2O3. The van der Waals surface area contributed by atoms with E-state index in [-0.39, 0.29) is 6.42 Å². The van der Waals surface area contributed by atoms with Crippen molar-refractivity contribution in [3.8, 4) is 11.4 Å². The van der Waals surface area contributed by atoms with Crippen LogP contribution in [0.25, 0.3) is 11.4 Å². The maximum atomic E-state index is 11.0. The van der Waals surface area contributed by atoms with Gasteiger partial charge in [0.25, 0.3) is 0 Å². The summed E-state index contributed by atoms with van der Waals surface area (Å²) in [6.07, 6.45) is 2.94. The molecule has 20 heavy (non-hydrogen) atoms. The summed E-state index contributed by atoms with van der Waals surface area (Å²) in [5.41, 5.74) is 3.20. The highest BCUT2D eigenvalue weighted by Crippen LogP contribution is 2.24. The van der Waals surface area contributed by atoms with Gasteiger partial charge in [0, 0.05) is 17.0 Å². The van der Waals surface area contributed by atoms with Crippen LogP contribution in [0.5, 0.6) is 0 Å². The third-order valence-corrected chi connectivity index (χ3v) is 3.28. The summed E-state index contributed by atoms with van der Waals surface area (Å²) in [4.78, 5) is 20.0. The minimum atomic E-state index is -0.856. The summed E-state index contributed by atoms with van der Waals surface area (Å²) in [7, 11) is 0. The molecule has 0 saturated heterocycles. The molecule has 0 atom stereocenters. The molecule has 0 radical (unpaired) electrons. The Hall–Kier alpha value is -2.17. The summed E-state index contributed by atoms with van der Waals surface area (Å²) in [5, 5.41) is 9.03. The highest BCUT2D eigenvalue weighted by Gasteiger charge is 2.17. The van der Waals surface area contributed by atoms with Crippen molar-refractivity contribution in [2.24, 2.45) is 0 Å². The van der Waals surface area contributed by atoms with Gasteiger partial charge in [-0.15, -0.1) is 0 Å². The van der Waals surface area contributed by atoms with Gasteiger partial charge < -0.3 is 9.52 Å². The van der Waals surface area contributed by atoms with Crippen LogP contribution in [-0.4, -0.2) is 21.0 Å². The number of hydrogen-bond donors (Lipinski definition) is 1. The van der Waals surface area contributed by atoms with Crippen LogP contribution in [0, 0.1) is 6.92 Å². The standard InChI is InChI=1S/C15H18N2O3/c1-4-12-11(8-14(18)19)13(5-2)17-15(16-12)10-6-7-20-9(10)3/h6-7H,4-5,8H2,1-3H3,(H,18,19). The van der Waals surface area contributed by atoms with Crippen molar-refractivity contribution in [3.05, 3.63) is 35.0 Å². The average Bonchev–Trinajstić information content (AvgIpc) is 2.84. The molecule has 0 amide bonds. The highest BCUT2D eigenvalue weighted by molar-refractivity contribution is 5.71. The lowest BCUT2D eigenvalue weighted by Crippen LogP contribution is -2.11. The minimum absolute atomic E-state index is 0.0308. The summed E-state index contributed by atoms with van der Waals surface area (Å²) >= 11 is 0. The van der Waals surface area contributed by atoms with Gasteiger partial charge in [0.1, 0.15) is 5.76 Å². The van der Waals surface area contributed by atoms with Gasteiger partial charge >= 0.3 is 5.97 Å². The number of rotatable bonds is 5. The molecule has 0 aliphatic rings. The fourth-order valence-electron chi connectivity index (χ4n) is 2.26. The number of aliphatic carboxylic acids is 1. The van der Waals surface area contributed by atoms with Crippen LogP contribution in [0.2, 0.25) is 0 Å². The fourth-order valence-corrected chi connectivity index (χ4v) is 2.26. The lowest BCUT2D eigenvalue weighted by Gasteiger charge is -2.12. The molecule has 106 valence electrons. The number of nitrogens with zero attached hydrogens (tertiary/aromatic N) is 2. The van der Waals surface area contributed by atoms with Gasteiger partial charge in [0.05, 0.1) is 18.2 Å². The van der Waals surface area contributed by atoms with E-state index in [1.165, 1.54) is 0 Å². The zero-order chi connectivity index (χ0) is 14.7. The van der Waals surface area contributed by atoms with Gasteiger partial charge in [0.15, 0.2) is 5.82 Å². The Bertz CT molecular complexity index is 607. The molecule has 0 aromatic carbocycles. The number of carboxylic acids is 1. The monoisotopic (exact) mass is 274 g/mol. The predicted molar refractivity (Wildman–Crippen MR) is 74.6 cm³/mol. The van der Waals surface area contributed by atoms with Gasteiger partial charge in [-0.3, -0.25) is 4.79 Å². The molecule has 5 heteroatoms. The summed E-state index contributed by atoms with van der Waals surface area (Å²) in [5.74, 6) is 0.518. The number of hydrogen-bond acceptors (Lipinski definition) is 4. The van der Waals surface area contributed by atoms with E-state index in [2.05, 4.69) is 9.97 Å². The van der Waals surface area contributed by atoms with E-state index in [1.807, 2.05) is 26.8 Å². The zero-order valence-electron chi connectivity index (χ0n) is 11.9. The summed E-state index contributed by atoms with van der Waals surface area (Å²) in [6, 6.07) is 1.83. The number of carbonyl (C=O) groups is 1. The molecule has 5 nitrogen and oxygen atoms in total. The van der Waals surface area contributed by atoms with Crippen molar-refractivity contribution in [1.29, 1.82) is 0 Å². The Balaban J connectivity index is 2.58. The molecule has 0 saturated carbocycles. The van der Waals surface area contributed by atoms with Gasteiger partial charge in [-0.1, -0.05) is 13.8 Å². The Labute approximate surface area is 117 Å². The van der Waals surface area contributed by atoms with Crippen molar-refractivity contribution >= 4 is 5.97 Å². The first kappa shape index (κ1) is 14.2. The molecule has 1 N–H and O–H groups in total. The van der Waals surface area contributed by atoms with Crippen LogP contribution in [0.15, 0.2) is 16.7 Å². The number of furan rings is 1. The average molecular weight is 274 g/mol. The maximum Gasteiger partial charge on any atom is 0.307 e. The number of carboxylic acid groups (broad SMARTS) is 1. The molecular weight excluding hydrogens is 256 g/mol. The van der Waals surface area contributed by atoms with Crippen LogP contribution >= 0.6 is 0 Å². The smallest absolute Gasteiger partial charge is 0.307 e. The molecule has 0 unspecified atom stereocenters. The van der Waals surface area contributed by atoms with Crippen LogP contribution in [0.1, 0.15) is 36.6 Å². The summed E-state index contributed by atoms with van der Waals surface area (Å²) in [6.45, 7) is 5.80. The quantitative estimate of drug-likeness (QED) is 0.907. The first-order valence-corrected chi connectivity index (χ1v) is 6.71. The second-order valence-electron chi connectivity index (χ2n) is 4.59. The largest absolute Gasteiger partial charge is 0.481 e. The van der Waals surface area contributed by atoms with Crippen LogP contribution in [-0.2, 0) is 24.1 Å². The van der Waals surface area contributed by atoms with E-state index >= 15 is 0 Å². The lowest BCUT2D eigenvalue weighted by molar-refractivity contribution is -0.136. The van der Waals surface area contributed by atoms with Crippen molar-refractivity contribution in [2.45, 2.75) is 40.0 Å². The van der Waals surface area contributed by atoms with Crippen molar-refractivity contribution in [2.75, 3.05) is 0 Å². The Morgan fingerprint density at radius 1 is 1.25 bits per heavy atom. The Morgan fingerprint density at radius 2 is 1.85 bits per heavy atom. The second kappa shape index (κ2) is 5.86. The lowest BCUT2D eigenvalue weighted by atomic mass is 10.0. The molecule has 0 bridgehead atoms. The molecule has 0 aliphatic heterocycles. The van der Waals surface area contributed by atoms with Gasteiger partial charge in [-0.25, -0.2) is 9.97 Å². The SMILES string of the molecule is CCc1nc(-c2ccoc2C)nc(CC)c1CC(=O)O. The van der Waals surface area contributed by atoms with E-state index < -0.39 is 5.97 Å². The molecule has 0 fully saturated rings. The van der Waals surface area contributed by atoms with Crippen LogP contribution < -0.4 is 0 Å². The van der Waals surface area contributed by atoms with Gasteiger partial charge in [-0.05, 0) is 25.8 Å². The predicted octanol–water partition coefficient (Wildman–Crippen LogP) is 2.80. The highest BCUT2D eigenvalue weighted by atomic mass is 16.4. The normalized spacial score (nSPS) is 10.8. The third-order valence-electron chi connectivity index (χ3n) is 3.28. The molecule has 2 aromatic heterocycles. The fraction of sp³-hybridized carbons (Fsp3) is 0.400. The van der Waals surface area contributed by atoms with Crippen LogP contribution in [0.4, 0.5) is 0 Å². The third kappa shape index (κ3) is 2.71. The van der Waals surface area contributed by atoms with E-state index in [0.717, 1.165) is 28.3 Å². The topological polar surface area (TPSA) is 76.2 Å². The van der Waals surface area contributed by atoms with Crippen molar-refractivity contribution < 1.29 is 14.3 Å². The van der Waals surface area contributed by atoms with Crippen molar-refractivity contribution in [3.63, 3.8) is 0 Å². The first-order chi connectivity index (χ1) is 9.56. The Morgan fingerprint density at radius 3 is 2.25 bits per heavy atom. The molecule has 2 heterocycles. The van der Waals surface area contributed by atoms with E-state index in [9.17, 15) is 4.79 Å². The van der Waals surface area contributed by atoms with Crippen molar-refractivity contribution in [1.82, 2.24) is 9.97 Å². The summed E-state index contributed by atoms with van der Waals surface area (Å²) < 4.78 is 5.29. The van der Waals surface area contributed by atoms with Gasteiger partial charge in [-0.2, -0.15) is 0 Å².